The first-order valence-electron chi connectivity index (χ1n) is 6.27. The zero-order chi connectivity index (χ0) is 13.1. The van der Waals surface area contributed by atoms with Crippen molar-refractivity contribution < 1.29 is 4.92 Å². The minimum absolute atomic E-state index is 0.0615. The molecule has 1 aromatic rings. The second kappa shape index (κ2) is 5.20. The first kappa shape index (κ1) is 12.6. The van der Waals surface area contributed by atoms with Gasteiger partial charge in [-0.25, -0.2) is 4.98 Å². The summed E-state index contributed by atoms with van der Waals surface area (Å²) < 4.78 is 0. The molecule has 1 fully saturated rings. The van der Waals surface area contributed by atoms with E-state index in [0.717, 1.165) is 0 Å². The molecule has 18 heavy (non-hydrogen) atoms. The maximum atomic E-state index is 10.9. The highest BCUT2D eigenvalue weighted by Crippen LogP contribution is 2.34. The van der Waals surface area contributed by atoms with Gasteiger partial charge >= 0.3 is 0 Å². The van der Waals surface area contributed by atoms with Crippen LogP contribution in [0.15, 0.2) is 12.1 Å². The summed E-state index contributed by atoms with van der Waals surface area (Å²) in [6, 6.07) is 3.25. The molecule has 6 nitrogen and oxygen atoms in total. The summed E-state index contributed by atoms with van der Waals surface area (Å²) in [4.78, 5) is 14.8. The average molecular weight is 250 g/mol. The van der Waals surface area contributed by atoms with Gasteiger partial charge in [-0.3, -0.25) is 10.1 Å². The number of nitro groups is 1. The lowest BCUT2D eigenvalue weighted by atomic mass is 10.2. The van der Waals surface area contributed by atoms with Crippen molar-refractivity contribution in [3.8, 4) is 0 Å². The van der Waals surface area contributed by atoms with E-state index in [2.05, 4.69) is 22.5 Å². The molecule has 0 spiro atoms. The molecule has 1 unspecified atom stereocenters. The third-order valence-electron chi connectivity index (χ3n) is 3.08. The van der Waals surface area contributed by atoms with Crippen molar-refractivity contribution in [3.05, 3.63) is 22.2 Å². The van der Waals surface area contributed by atoms with Gasteiger partial charge in [-0.2, -0.15) is 0 Å². The Hall–Kier alpha value is -1.85. The van der Waals surface area contributed by atoms with E-state index in [1.165, 1.54) is 25.0 Å². The van der Waals surface area contributed by atoms with E-state index in [4.69, 9.17) is 0 Å². The molecule has 1 aliphatic rings. The standard InChI is InChI=1S/C12H18N4O2/c1-3-13-11-6-10(16(17)18)7-12(15-11)14-8(2)9-4-5-9/h6-9H,3-5H2,1-2H3,(H2,13,14,15). The van der Waals surface area contributed by atoms with Crippen LogP contribution in [0.5, 0.6) is 0 Å². The molecule has 0 aliphatic heterocycles. The molecule has 0 radical (unpaired) electrons. The maximum Gasteiger partial charge on any atom is 0.276 e. The number of pyridine rings is 1. The van der Waals surface area contributed by atoms with Crippen molar-refractivity contribution in [2.75, 3.05) is 17.2 Å². The predicted octanol–water partition coefficient (Wildman–Crippen LogP) is 2.63. The first-order valence-corrected chi connectivity index (χ1v) is 6.27. The second-order valence-corrected chi connectivity index (χ2v) is 4.65. The van der Waals surface area contributed by atoms with Crippen LogP contribution in [-0.2, 0) is 0 Å². The van der Waals surface area contributed by atoms with Crippen LogP contribution < -0.4 is 10.6 Å². The Labute approximate surface area is 106 Å². The Kier molecular flexibility index (Phi) is 3.64. The van der Waals surface area contributed by atoms with E-state index in [9.17, 15) is 10.1 Å². The molecule has 1 aromatic heterocycles. The largest absolute Gasteiger partial charge is 0.370 e. The van der Waals surface area contributed by atoms with Crippen molar-refractivity contribution >= 4 is 17.3 Å². The van der Waals surface area contributed by atoms with Crippen LogP contribution in [0.2, 0.25) is 0 Å². The van der Waals surface area contributed by atoms with Gasteiger partial charge in [-0.05, 0) is 32.6 Å². The van der Waals surface area contributed by atoms with Gasteiger partial charge in [0.2, 0.25) is 0 Å². The molecule has 6 heteroatoms. The lowest BCUT2D eigenvalue weighted by Gasteiger charge is -2.14. The molecular formula is C12H18N4O2. The van der Waals surface area contributed by atoms with Crippen LogP contribution in [0.1, 0.15) is 26.7 Å². The van der Waals surface area contributed by atoms with Gasteiger partial charge in [-0.1, -0.05) is 0 Å². The van der Waals surface area contributed by atoms with Crippen LogP contribution in [0, 0.1) is 16.0 Å². The summed E-state index contributed by atoms with van der Waals surface area (Å²) in [5.41, 5.74) is 0.0615. The minimum atomic E-state index is -0.393. The summed E-state index contributed by atoms with van der Waals surface area (Å²) >= 11 is 0. The Morgan fingerprint density at radius 3 is 2.72 bits per heavy atom. The third-order valence-corrected chi connectivity index (χ3v) is 3.08. The van der Waals surface area contributed by atoms with Gasteiger partial charge in [0.15, 0.2) is 0 Å². The van der Waals surface area contributed by atoms with Gasteiger partial charge in [0.25, 0.3) is 5.69 Å². The van der Waals surface area contributed by atoms with Crippen molar-refractivity contribution in [2.24, 2.45) is 5.92 Å². The van der Waals surface area contributed by atoms with Crippen LogP contribution in [0.4, 0.5) is 17.3 Å². The fraction of sp³-hybridized carbons (Fsp3) is 0.583. The van der Waals surface area contributed by atoms with E-state index in [-0.39, 0.29) is 5.69 Å². The fourth-order valence-corrected chi connectivity index (χ4v) is 1.91. The van der Waals surface area contributed by atoms with Gasteiger partial charge < -0.3 is 10.6 Å². The van der Waals surface area contributed by atoms with Crippen molar-refractivity contribution in [2.45, 2.75) is 32.7 Å². The third kappa shape index (κ3) is 3.09. The summed E-state index contributed by atoms with van der Waals surface area (Å²) in [7, 11) is 0. The number of nitrogens with one attached hydrogen (secondary N) is 2. The van der Waals surface area contributed by atoms with E-state index in [1.807, 2.05) is 6.92 Å². The van der Waals surface area contributed by atoms with Crippen molar-refractivity contribution in [3.63, 3.8) is 0 Å². The van der Waals surface area contributed by atoms with Crippen LogP contribution in [0.25, 0.3) is 0 Å². The summed E-state index contributed by atoms with van der Waals surface area (Å²) in [5, 5.41) is 17.1. The molecule has 2 rings (SSSR count). The Morgan fingerprint density at radius 1 is 1.50 bits per heavy atom. The molecule has 0 bridgehead atoms. The summed E-state index contributed by atoms with van der Waals surface area (Å²) in [5.74, 6) is 1.78. The summed E-state index contributed by atoms with van der Waals surface area (Å²) in [6.07, 6.45) is 2.45. The monoisotopic (exact) mass is 250 g/mol. The van der Waals surface area contributed by atoms with Crippen LogP contribution in [0.3, 0.4) is 0 Å². The Balaban J connectivity index is 2.18. The van der Waals surface area contributed by atoms with Gasteiger partial charge in [0.05, 0.1) is 17.1 Å². The molecule has 0 aromatic carbocycles. The van der Waals surface area contributed by atoms with Crippen LogP contribution >= 0.6 is 0 Å². The predicted molar refractivity (Wildman–Crippen MR) is 70.9 cm³/mol. The van der Waals surface area contributed by atoms with E-state index in [0.29, 0.717) is 30.1 Å². The SMILES string of the molecule is CCNc1cc([N+](=O)[O-])cc(NC(C)C2CC2)n1. The van der Waals surface area contributed by atoms with Gasteiger partial charge in [0.1, 0.15) is 11.6 Å². The van der Waals surface area contributed by atoms with Crippen molar-refractivity contribution in [1.29, 1.82) is 0 Å². The summed E-state index contributed by atoms with van der Waals surface area (Å²) in [6.45, 7) is 4.71. The first-order chi connectivity index (χ1) is 8.60. The maximum absolute atomic E-state index is 10.9. The number of anilines is 2. The number of nitrogens with zero attached hydrogens (tertiary/aromatic N) is 2. The molecular weight excluding hydrogens is 232 g/mol. The molecule has 1 aliphatic carbocycles. The molecule has 0 amide bonds. The highest BCUT2D eigenvalue weighted by Gasteiger charge is 2.28. The van der Waals surface area contributed by atoms with Crippen molar-refractivity contribution in [1.82, 2.24) is 4.98 Å². The van der Waals surface area contributed by atoms with E-state index >= 15 is 0 Å². The molecule has 0 saturated heterocycles. The average Bonchev–Trinajstić information content (AvgIpc) is 3.12. The quantitative estimate of drug-likeness (QED) is 0.599. The topological polar surface area (TPSA) is 80.1 Å². The second-order valence-electron chi connectivity index (χ2n) is 4.65. The van der Waals surface area contributed by atoms with Gasteiger partial charge in [0, 0.05) is 12.6 Å². The molecule has 1 atom stereocenters. The highest BCUT2D eigenvalue weighted by atomic mass is 16.6. The van der Waals surface area contributed by atoms with E-state index < -0.39 is 4.92 Å². The number of hydrogen-bond acceptors (Lipinski definition) is 5. The number of aromatic nitrogens is 1. The lowest BCUT2D eigenvalue weighted by Crippen LogP contribution is -2.18. The zero-order valence-corrected chi connectivity index (χ0v) is 10.6. The molecule has 2 N–H and O–H groups in total. The zero-order valence-electron chi connectivity index (χ0n) is 10.6. The van der Waals surface area contributed by atoms with Gasteiger partial charge in [-0.15, -0.1) is 0 Å². The molecule has 1 heterocycles. The molecule has 98 valence electrons. The smallest absolute Gasteiger partial charge is 0.276 e. The van der Waals surface area contributed by atoms with E-state index in [1.54, 1.807) is 0 Å². The minimum Gasteiger partial charge on any atom is -0.370 e. The lowest BCUT2D eigenvalue weighted by molar-refractivity contribution is -0.384. The van der Waals surface area contributed by atoms with Crippen LogP contribution in [-0.4, -0.2) is 22.5 Å². The number of hydrogen-bond donors (Lipinski definition) is 2. The Morgan fingerprint density at radius 2 is 2.17 bits per heavy atom. The fourth-order valence-electron chi connectivity index (χ4n) is 1.91. The number of rotatable bonds is 6. The normalized spacial score (nSPS) is 16.1. The Bertz CT molecular complexity index is 446. The highest BCUT2D eigenvalue weighted by molar-refractivity contribution is 5.55. The molecule has 1 saturated carbocycles.